The lowest BCUT2D eigenvalue weighted by atomic mass is 9.95. The van der Waals surface area contributed by atoms with Crippen LogP contribution in [-0.2, 0) is 4.79 Å². The number of carbonyl (C=O) groups excluding carboxylic acids is 1. The Kier molecular flexibility index (Phi) is 4.06. The van der Waals surface area contributed by atoms with Crippen LogP contribution in [0.5, 0.6) is 0 Å². The van der Waals surface area contributed by atoms with Crippen molar-refractivity contribution in [3.63, 3.8) is 0 Å². The van der Waals surface area contributed by atoms with Crippen molar-refractivity contribution in [2.45, 2.75) is 18.9 Å². The molecule has 3 heterocycles. The molecule has 2 atom stereocenters. The molecule has 1 aromatic carbocycles. The quantitative estimate of drug-likeness (QED) is 0.852. The minimum absolute atomic E-state index is 0.160. The largest absolute Gasteiger partial charge is 0.341 e. The maximum absolute atomic E-state index is 12.8. The molecule has 0 saturated carbocycles. The van der Waals surface area contributed by atoms with Crippen LogP contribution in [0.4, 0.5) is 4.39 Å². The molecule has 0 spiro atoms. The van der Waals surface area contributed by atoms with Gasteiger partial charge in [-0.1, -0.05) is 24.3 Å². The Labute approximate surface area is 125 Å². The zero-order chi connectivity index (χ0) is 14.8. The van der Waals surface area contributed by atoms with Crippen LogP contribution in [0.25, 0.3) is 6.08 Å². The van der Waals surface area contributed by atoms with E-state index in [-0.39, 0.29) is 11.7 Å². The smallest absolute Gasteiger partial charge is 0.227 e. The molecule has 3 aliphatic heterocycles. The average Bonchev–Trinajstić information content (AvgIpc) is 2.75. The van der Waals surface area contributed by atoms with Gasteiger partial charge in [0.15, 0.2) is 0 Å². The molecule has 3 nitrogen and oxygen atoms in total. The highest BCUT2D eigenvalue weighted by atomic mass is 19.1. The highest BCUT2D eigenvalue weighted by Crippen LogP contribution is 2.27. The van der Waals surface area contributed by atoms with E-state index in [1.807, 2.05) is 18.0 Å². The Morgan fingerprint density at radius 1 is 1.24 bits per heavy atom. The molecule has 1 amide bonds. The molecule has 3 fully saturated rings. The Bertz CT molecular complexity index is 540. The average molecular weight is 288 g/mol. The standard InChI is InChI=1S/C17H21FN2O/c1-19-16-9-6-14(17(19)21)11-20(12-16)10-2-3-13-4-7-15(18)8-5-13/h2-5,7-8,14,16H,6,9-12H2,1H3/b3-2+/t14-,16+/m0/s1. The number of piperidine rings is 1. The fourth-order valence-corrected chi connectivity index (χ4v) is 3.31. The van der Waals surface area contributed by atoms with Gasteiger partial charge in [0.25, 0.3) is 0 Å². The van der Waals surface area contributed by atoms with E-state index in [9.17, 15) is 9.18 Å². The van der Waals surface area contributed by atoms with Crippen molar-refractivity contribution in [3.05, 3.63) is 41.7 Å². The first-order chi connectivity index (χ1) is 10.1. The maximum Gasteiger partial charge on any atom is 0.227 e. The molecule has 4 heteroatoms. The van der Waals surface area contributed by atoms with E-state index in [1.54, 1.807) is 12.1 Å². The molecular formula is C17H21FN2O. The van der Waals surface area contributed by atoms with E-state index >= 15 is 0 Å². The molecule has 3 saturated heterocycles. The first kappa shape index (κ1) is 14.3. The van der Waals surface area contributed by atoms with Gasteiger partial charge in [-0.25, -0.2) is 4.39 Å². The van der Waals surface area contributed by atoms with Gasteiger partial charge in [-0.05, 0) is 30.5 Å². The van der Waals surface area contributed by atoms with Crippen LogP contribution < -0.4 is 0 Å². The molecule has 2 bridgehead atoms. The topological polar surface area (TPSA) is 23.6 Å². The molecular weight excluding hydrogens is 267 g/mol. The van der Waals surface area contributed by atoms with Crippen molar-refractivity contribution in [3.8, 4) is 0 Å². The van der Waals surface area contributed by atoms with Crippen LogP contribution in [0, 0.1) is 11.7 Å². The molecule has 3 aliphatic rings. The molecule has 0 unspecified atom stereocenters. The number of hydrogen-bond donors (Lipinski definition) is 0. The van der Waals surface area contributed by atoms with Crippen molar-refractivity contribution in [1.82, 2.24) is 9.80 Å². The lowest BCUT2D eigenvalue weighted by molar-refractivity contribution is -0.138. The predicted octanol–water partition coefficient (Wildman–Crippen LogP) is 2.39. The van der Waals surface area contributed by atoms with E-state index in [0.717, 1.165) is 38.0 Å². The maximum atomic E-state index is 12.8. The fourth-order valence-electron chi connectivity index (χ4n) is 3.31. The van der Waals surface area contributed by atoms with Gasteiger partial charge in [-0.2, -0.15) is 0 Å². The summed E-state index contributed by atoms with van der Waals surface area (Å²) in [5, 5.41) is 0. The molecule has 4 rings (SSSR count). The summed E-state index contributed by atoms with van der Waals surface area (Å²) < 4.78 is 12.8. The monoisotopic (exact) mass is 288 g/mol. The summed E-state index contributed by atoms with van der Waals surface area (Å²) in [6.45, 7) is 2.64. The summed E-state index contributed by atoms with van der Waals surface area (Å²) in [6.07, 6.45) is 6.25. The van der Waals surface area contributed by atoms with Crippen molar-refractivity contribution in [1.29, 1.82) is 0 Å². The molecule has 0 aromatic heterocycles. The third kappa shape index (κ3) is 3.16. The van der Waals surface area contributed by atoms with E-state index in [2.05, 4.69) is 11.0 Å². The zero-order valence-electron chi connectivity index (χ0n) is 12.3. The number of rotatable bonds is 3. The molecule has 1 aromatic rings. The number of fused-ring (bicyclic) bond motifs is 4. The van der Waals surface area contributed by atoms with Crippen LogP contribution in [0.15, 0.2) is 30.3 Å². The van der Waals surface area contributed by atoms with Crippen molar-refractivity contribution in [2.75, 3.05) is 26.7 Å². The van der Waals surface area contributed by atoms with Gasteiger partial charge in [-0.3, -0.25) is 9.69 Å². The number of benzene rings is 1. The van der Waals surface area contributed by atoms with Crippen LogP contribution in [0.3, 0.4) is 0 Å². The van der Waals surface area contributed by atoms with Gasteiger partial charge < -0.3 is 4.90 Å². The summed E-state index contributed by atoms with van der Waals surface area (Å²) >= 11 is 0. The number of nitrogens with zero attached hydrogens (tertiary/aromatic N) is 2. The van der Waals surface area contributed by atoms with Crippen LogP contribution >= 0.6 is 0 Å². The summed E-state index contributed by atoms with van der Waals surface area (Å²) in [4.78, 5) is 16.4. The van der Waals surface area contributed by atoms with Crippen molar-refractivity contribution < 1.29 is 9.18 Å². The zero-order valence-corrected chi connectivity index (χ0v) is 12.3. The Morgan fingerprint density at radius 3 is 2.76 bits per heavy atom. The van der Waals surface area contributed by atoms with Gasteiger partial charge in [0.2, 0.25) is 5.91 Å². The molecule has 21 heavy (non-hydrogen) atoms. The van der Waals surface area contributed by atoms with Gasteiger partial charge in [0.1, 0.15) is 5.82 Å². The third-order valence-corrected chi connectivity index (χ3v) is 4.58. The van der Waals surface area contributed by atoms with Crippen molar-refractivity contribution >= 4 is 12.0 Å². The molecule has 0 aliphatic carbocycles. The first-order valence-corrected chi connectivity index (χ1v) is 7.54. The number of carbonyl (C=O) groups is 1. The lowest BCUT2D eigenvalue weighted by Crippen LogP contribution is -2.45. The fraction of sp³-hybridized carbons (Fsp3) is 0.471. The lowest BCUT2D eigenvalue weighted by Gasteiger charge is -2.32. The van der Waals surface area contributed by atoms with Gasteiger partial charge in [0.05, 0.1) is 5.92 Å². The van der Waals surface area contributed by atoms with Crippen LogP contribution in [0.2, 0.25) is 0 Å². The van der Waals surface area contributed by atoms with E-state index in [4.69, 9.17) is 0 Å². The Morgan fingerprint density at radius 2 is 2.00 bits per heavy atom. The number of hydrogen-bond acceptors (Lipinski definition) is 2. The van der Waals surface area contributed by atoms with Crippen LogP contribution in [-0.4, -0.2) is 48.4 Å². The number of likely N-dealkylation sites (N-methyl/N-ethyl adjacent to an activating group) is 1. The number of halogens is 1. The second-order valence-corrected chi connectivity index (χ2v) is 6.05. The summed E-state index contributed by atoms with van der Waals surface area (Å²) in [5.74, 6) is 0.252. The van der Waals surface area contributed by atoms with Gasteiger partial charge >= 0.3 is 0 Å². The minimum Gasteiger partial charge on any atom is -0.341 e. The second kappa shape index (κ2) is 5.98. The minimum atomic E-state index is -0.210. The Balaban J connectivity index is 1.61. The summed E-state index contributed by atoms with van der Waals surface area (Å²) in [5.41, 5.74) is 1.00. The van der Waals surface area contributed by atoms with Gasteiger partial charge in [0, 0.05) is 32.7 Å². The highest BCUT2D eigenvalue weighted by molar-refractivity contribution is 5.80. The van der Waals surface area contributed by atoms with Crippen LogP contribution in [0.1, 0.15) is 18.4 Å². The van der Waals surface area contributed by atoms with E-state index < -0.39 is 0 Å². The van der Waals surface area contributed by atoms with Gasteiger partial charge in [-0.15, -0.1) is 0 Å². The first-order valence-electron chi connectivity index (χ1n) is 7.54. The molecule has 112 valence electrons. The van der Waals surface area contributed by atoms with Crippen molar-refractivity contribution in [2.24, 2.45) is 5.92 Å². The highest BCUT2D eigenvalue weighted by Gasteiger charge is 2.38. The normalized spacial score (nSPS) is 26.6. The number of amides is 1. The molecule has 0 N–H and O–H groups in total. The second-order valence-electron chi connectivity index (χ2n) is 6.05. The third-order valence-electron chi connectivity index (χ3n) is 4.58. The summed E-state index contributed by atoms with van der Waals surface area (Å²) in [7, 11) is 1.93. The predicted molar refractivity (Wildman–Crippen MR) is 81.2 cm³/mol. The van der Waals surface area contributed by atoms with E-state index in [1.165, 1.54) is 12.1 Å². The molecule has 0 radical (unpaired) electrons. The van der Waals surface area contributed by atoms with E-state index in [0.29, 0.717) is 11.9 Å². The summed E-state index contributed by atoms with van der Waals surface area (Å²) in [6, 6.07) is 6.85. The SMILES string of the molecule is CN1C(=O)[C@H]2CC[C@@H]1CN(C/C=C/c1ccc(F)cc1)C2. The Hall–Kier alpha value is -1.68.